The number of fused-ring (bicyclic) bond motifs is 4. The molecule has 1 amide bonds. The predicted molar refractivity (Wildman–Crippen MR) is 131 cm³/mol. The second-order valence-electron chi connectivity index (χ2n) is 8.99. The molecule has 0 aliphatic carbocycles. The number of methoxy groups -OCH3 is 1. The molecule has 2 atom stereocenters. The van der Waals surface area contributed by atoms with Gasteiger partial charge in [-0.15, -0.1) is 0 Å². The molecule has 0 spiro atoms. The first kappa shape index (κ1) is 21.4. The summed E-state index contributed by atoms with van der Waals surface area (Å²) in [5.74, 6) is 1.92. The number of nitrogens with one attached hydrogen (secondary N) is 1. The van der Waals surface area contributed by atoms with Crippen LogP contribution in [-0.4, -0.2) is 51.2 Å². The molecule has 4 heterocycles. The van der Waals surface area contributed by atoms with Crippen molar-refractivity contribution in [2.75, 3.05) is 12.4 Å². The van der Waals surface area contributed by atoms with E-state index in [0.717, 1.165) is 53.2 Å². The quantitative estimate of drug-likeness (QED) is 0.407. The van der Waals surface area contributed by atoms with E-state index in [1.807, 2.05) is 35.2 Å². The topological polar surface area (TPSA) is 103 Å². The van der Waals surface area contributed by atoms with Crippen LogP contribution in [0.5, 0.6) is 11.5 Å². The Balaban J connectivity index is 1.30. The SMILES string of the molecule is C=CC(=O)N1C2CCC1CC(Oc1cc3c(Nc4ccc5oncc5c4)ncnc3cc1OC)C2. The first-order valence-corrected chi connectivity index (χ1v) is 11.7. The van der Waals surface area contributed by atoms with Gasteiger partial charge in [0, 0.05) is 47.5 Å². The number of benzene rings is 2. The highest BCUT2D eigenvalue weighted by Gasteiger charge is 2.43. The van der Waals surface area contributed by atoms with Gasteiger partial charge in [0.2, 0.25) is 5.91 Å². The molecular weight excluding hydrogens is 446 g/mol. The van der Waals surface area contributed by atoms with Crippen LogP contribution in [0, 0.1) is 0 Å². The van der Waals surface area contributed by atoms with E-state index in [0.29, 0.717) is 17.3 Å². The van der Waals surface area contributed by atoms with Crippen LogP contribution in [0.1, 0.15) is 25.7 Å². The Bertz CT molecular complexity index is 1420. The summed E-state index contributed by atoms with van der Waals surface area (Å²) in [6.45, 7) is 3.66. The lowest BCUT2D eigenvalue weighted by Crippen LogP contribution is -2.48. The van der Waals surface area contributed by atoms with Crippen LogP contribution in [0.2, 0.25) is 0 Å². The molecule has 2 bridgehead atoms. The highest BCUT2D eigenvalue weighted by molar-refractivity contribution is 5.94. The Labute approximate surface area is 201 Å². The maximum atomic E-state index is 12.3. The molecule has 6 rings (SSSR count). The molecule has 2 aliphatic rings. The molecule has 35 heavy (non-hydrogen) atoms. The minimum absolute atomic E-state index is 0.00949. The van der Waals surface area contributed by atoms with Crippen LogP contribution in [-0.2, 0) is 4.79 Å². The van der Waals surface area contributed by atoms with Gasteiger partial charge in [-0.3, -0.25) is 4.79 Å². The third kappa shape index (κ3) is 3.82. The lowest BCUT2D eigenvalue weighted by molar-refractivity contribution is -0.131. The summed E-state index contributed by atoms with van der Waals surface area (Å²) in [4.78, 5) is 23.2. The zero-order valence-electron chi connectivity index (χ0n) is 19.3. The number of carbonyl (C=O) groups excluding carboxylic acids is 1. The third-order valence-corrected chi connectivity index (χ3v) is 6.95. The molecule has 9 heteroatoms. The van der Waals surface area contributed by atoms with E-state index in [1.165, 1.54) is 12.4 Å². The molecule has 4 aromatic rings. The van der Waals surface area contributed by atoms with E-state index in [1.54, 1.807) is 13.3 Å². The lowest BCUT2D eigenvalue weighted by Gasteiger charge is -2.38. The van der Waals surface area contributed by atoms with Crippen LogP contribution in [0.4, 0.5) is 11.5 Å². The van der Waals surface area contributed by atoms with Gasteiger partial charge in [-0.2, -0.15) is 0 Å². The Morgan fingerprint density at radius 2 is 2.00 bits per heavy atom. The standard InChI is InChI=1S/C26H25N5O4/c1-3-25(32)31-17-5-6-18(31)10-19(9-17)34-24-11-20-21(12-23(24)33-2)27-14-28-26(20)30-16-4-7-22-15(8-16)13-29-35-22/h3-4,7-8,11-14,17-19H,1,5-6,9-10H2,2H3,(H,27,28,30). The largest absolute Gasteiger partial charge is 0.493 e. The molecule has 2 unspecified atom stereocenters. The summed E-state index contributed by atoms with van der Waals surface area (Å²) in [7, 11) is 1.62. The van der Waals surface area contributed by atoms with Gasteiger partial charge >= 0.3 is 0 Å². The third-order valence-electron chi connectivity index (χ3n) is 6.95. The molecule has 2 aromatic carbocycles. The van der Waals surface area contributed by atoms with Gasteiger partial charge in [0.1, 0.15) is 18.2 Å². The molecule has 1 N–H and O–H groups in total. The van der Waals surface area contributed by atoms with Crippen molar-refractivity contribution >= 4 is 39.3 Å². The molecule has 0 saturated carbocycles. The molecule has 2 aliphatic heterocycles. The van der Waals surface area contributed by atoms with Crippen molar-refractivity contribution in [2.45, 2.75) is 43.9 Å². The second kappa shape index (κ2) is 8.57. The number of nitrogens with zero attached hydrogens (tertiary/aromatic N) is 4. The molecule has 0 radical (unpaired) electrons. The van der Waals surface area contributed by atoms with E-state index in [-0.39, 0.29) is 24.1 Å². The van der Waals surface area contributed by atoms with Gasteiger partial charge in [0.05, 0.1) is 18.8 Å². The van der Waals surface area contributed by atoms with Crippen LogP contribution < -0.4 is 14.8 Å². The van der Waals surface area contributed by atoms with Gasteiger partial charge in [-0.1, -0.05) is 11.7 Å². The van der Waals surface area contributed by atoms with Crippen LogP contribution >= 0.6 is 0 Å². The zero-order valence-corrected chi connectivity index (χ0v) is 19.3. The van der Waals surface area contributed by atoms with Gasteiger partial charge < -0.3 is 24.2 Å². The van der Waals surface area contributed by atoms with Crippen molar-refractivity contribution in [2.24, 2.45) is 0 Å². The van der Waals surface area contributed by atoms with Crippen LogP contribution in [0.3, 0.4) is 0 Å². The number of hydrogen-bond acceptors (Lipinski definition) is 8. The van der Waals surface area contributed by atoms with E-state index < -0.39 is 0 Å². The van der Waals surface area contributed by atoms with Gasteiger partial charge in [-0.05, 0) is 43.2 Å². The van der Waals surface area contributed by atoms with Crippen molar-refractivity contribution in [3.05, 3.63) is 55.5 Å². The molecule has 178 valence electrons. The molecule has 9 nitrogen and oxygen atoms in total. The predicted octanol–water partition coefficient (Wildman–Crippen LogP) is 4.61. The number of aromatic nitrogens is 3. The fourth-order valence-electron chi connectivity index (χ4n) is 5.37. The van der Waals surface area contributed by atoms with E-state index in [9.17, 15) is 4.79 Å². The van der Waals surface area contributed by atoms with Gasteiger partial charge in [-0.25, -0.2) is 9.97 Å². The first-order chi connectivity index (χ1) is 17.1. The maximum Gasteiger partial charge on any atom is 0.246 e. The van der Waals surface area contributed by atoms with Crippen LogP contribution in [0.15, 0.2) is 60.0 Å². The lowest BCUT2D eigenvalue weighted by atomic mass is 9.99. The van der Waals surface area contributed by atoms with Gasteiger partial charge in [0.25, 0.3) is 0 Å². The summed E-state index contributed by atoms with van der Waals surface area (Å²) < 4.78 is 17.3. The number of carbonyl (C=O) groups is 1. The fraction of sp³-hybridized carbons (Fsp3) is 0.308. The highest BCUT2D eigenvalue weighted by atomic mass is 16.5. The Hall–Kier alpha value is -4.14. The number of anilines is 2. The van der Waals surface area contributed by atoms with E-state index in [2.05, 4.69) is 27.0 Å². The number of ether oxygens (including phenoxy) is 2. The number of rotatable bonds is 6. The monoisotopic (exact) mass is 471 g/mol. The molecule has 2 saturated heterocycles. The first-order valence-electron chi connectivity index (χ1n) is 11.7. The summed E-state index contributed by atoms with van der Waals surface area (Å²) in [5.41, 5.74) is 2.32. The Morgan fingerprint density at radius 3 is 2.77 bits per heavy atom. The Kier molecular flexibility index (Phi) is 5.24. The van der Waals surface area contributed by atoms with E-state index >= 15 is 0 Å². The summed E-state index contributed by atoms with van der Waals surface area (Å²) in [5, 5.41) is 8.92. The van der Waals surface area contributed by atoms with Crippen molar-refractivity contribution in [1.29, 1.82) is 0 Å². The maximum absolute atomic E-state index is 12.3. The zero-order chi connectivity index (χ0) is 23.9. The number of hydrogen-bond donors (Lipinski definition) is 1. The van der Waals surface area contributed by atoms with Crippen molar-refractivity contribution in [3.63, 3.8) is 0 Å². The van der Waals surface area contributed by atoms with Crippen molar-refractivity contribution < 1.29 is 18.8 Å². The van der Waals surface area contributed by atoms with Gasteiger partial charge in [0.15, 0.2) is 17.1 Å². The second-order valence-corrected chi connectivity index (χ2v) is 8.99. The fourth-order valence-corrected chi connectivity index (χ4v) is 5.37. The summed E-state index contributed by atoms with van der Waals surface area (Å²) in [6, 6.07) is 9.89. The summed E-state index contributed by atoms with van der Waals surface area (Å²) >= 11 is 0. The molecule has 2 aromatic heterocycles. The van der Waals surface area contributed by atoms with Crippen molar-refractivity contribution in [1.82, 2.24) is 20.0 Å². The average Bonchev–Trinajstić information content (AvgIpc) is 3.45. The van der Waals surface area contributed by atoms with E-state index in [4.69, 9.17) is 14.0 Å². The minimum atomic E-state index is -0.00949. The molecular formula is C26H25N5O4. The number of piperidine rings is 1. The Morgan fingerprint density at radius 1 is 1.17 bits per heavy atom. The highest BCUT2D eigenvalue weighted by Crippen LogP contribution is 2.40. The minimum Gasteiger partial charge on any atom is -0.493 e. The van der Waals surface area contributed by atoms with Crippen molar-refractivity contribution in [3.8, 4) is 11.5 Å². The molecule has 2 fully saturated rings. The number of amides is 1. The summed E-state index contributed by atoms with van der Waals surface area (Å²) in [6.07, 6.45) is 8.16. The normalized spacial score (nSPS) is 21.3. The van der Waals surface area contributed by atoms with Crippen LogP contribution in [0.25, 0.3) is 21.9 Å². The smallest absolute Gasteiger partial charge is 0.246 e. The average molecular weight is 472 g/mol.